The van der Waals surface area contributed by atoms with Crippen molar-refractivity contribution in [2.24, 2.45) is 5.92 Å². The Labute approximate surface area is 146 Å². The Morgan fingerprint density at radius 3 is 2.76 bits per heavy atom. The number of benzene rings is 1. The lowest BCUT2D eigenvalue weighted by Crippen LogP contribution is -2.40. The summed E-state index contributed by atoms with van der Waals surface area (Å²) in [5.41, 5.74) is 1.96. The average molecular weight is 336 g/mol. The summed E-state index contributed by atoms with van der Waals surface area (Å²) in [4.78, 5) is 19.5. The van der Waals surface area contributed by atoms with Crippen LogP contribution in [0.2, 0.25) is 0 Å². The summed E-state index contributed by atoms with van der Waals surface area (Å²) in [7, 11) is 1.63. The topological polar surface area (TPSA) is 59.7 Å². The molecular weight excluding hydrogens is 316 g/mol. The van der Waals surface area contributed by atoms with Crippen molar-refractivity contribution in [1.82, 2.24) is 14.6 Å². The van der Waals surface area contributed by atoms with Crippen molar-refractivity contribution in [3.05, 3.63) is 54.5 Å². The minimum atomic E-state index is -0.0710. The normalized spacial score (nSPS) is 15.1. The number of ether oxygens (including phenoxy) is 1. The van der Waals surface area contributed by atoms with Crippen LogP contribution in [0.1, 0.15) is 30.1 Å². The Morgan fingerprint density at radius 1 is 1.32 bits per heavy atom. The molecule has 128 valence electrons. The van der Waals surface area contributed by atoms with Gasteiger partial charge in [-0.2, -0.15) is 5.10 Å². The molecule has 0 saturated heterocycles. The molecule has 2 aromatic heterocycles. The van der Waals surface area contributed by atoms with Crippen LogP contribution in [0.25, 0.3) is 5.65 Å². The summed E-state index contributed by atoms with van der Waals surface area (Å²) in [6.07, 6.45) is 7.39. The Kier molecular flexibility index (Phi) is 3.87. The monoisotopic (exact) mass is 336 g/mol. The first-order valence-electron chi connectivity index (χ1n) is 8.45. The molecule has 6 nitrogen and oxygen atoms in total. The second kappa shape index (κ2) is 6.20. The number of carbonyl (C=O) groups excluding carboxylic acids is 1. The maximum absolute atomic E-state index is 13.3. The molecule has 0 spiro atoms. The van der Waals surface area contributed by atoms with E-state index >= 15 is 0 Å². The first-order valence-corrected chi connectivity index (χ1v) is 8.45. The van der Waals surface area contributed by atoms with Crippen molar-refractivity contribution < 1.29 is 9.53 Å². The second-order valence-corrected chi connectivity index (χ2v) is 6.40. The number of carbonyl (C=O) groups is 1. The summed E-state index contributed by atoms with van der Waals surface area (Å²) in [6, 6.07) is 9.53. The molecule has 4 rings (SSSR count). The molecule has 1 saturated carbocycles. The van der Waals surface area contributed by atoms with Crippen LogP contribution in [-0.4, -0.2) is 33.7 Å². The van der Waals surface area contributed by atoms with E-state index in [4.69, 9.17) is 4.74 Å². The van der Waals surface area contributed by atoms with Crippen molar-refractivity contribution >= 4 is 17.2 Å². The van der Waals surface area contributed by atoms with E-state index in [0.29, 0.717) is 17.1 Å². The molecule has 1 amide bonds. The highest BCUT2D eigenvalue weighted by atomic mass is 16.5. The van der Waals surface area contributed by atoms with E-state index in [1.54, 1.807) is 36.3 Å². The number of nitrogens with zero attached hydrogens (tertiary/aromatic N) is 4. The number of hydrogen-bond acceptors (Lipinski definition) is 4. The van der Waals surface area contributed by atoms with Gasteiger partial charge >= 0.3 is 0 Å². The molecule has 1 aliphatic rings. The van der Waals surface area contributed by atoms with Gasteiger partial charge in [0, 0.05) is 24.1 Å². The fourth-order valence-electron chi connectivity index (χ4n) is 3.18. The van der Waals surface area contributed by atoms with Gasteiger partial charge in [0.05, 0.1) is 13.3 Å². The molecule has 2 heterocycles. The van der Waals surface area contributed by atoms with Gasteiger partial charge in [-0.1, -0.05) is 0 Å². The van der Waals surface area contributed by atoms with E-state index in [0.717, 1.165) is 24.3 Å². The third-order valence-corrected chi connectivity index (χ3v) is 4.79. The fourth-order valence-corrected chi connectivity index (χ4v) is 3.18. The minimum absolute atomic E-state index is 0.0710. The van der Waals surface area contributed by atoms with Gasteiger partial charge in [-0.3, -0.25) is 4.79 Å². The van der Waals surface area contributed by atoms with Crippen LogP contribution in [0, 0.1) is 5.92 Å². The summed E-state index contributed by atoms with van der Waals surface area (Å²) < 4.78 is 6.86. The second-order valence-electron chi connectivity index (χ2n) is 6.40. The first-order chi connectivity index (χ1) is 12.2. The quantitative estimate of drug-likeness (QED) is 0.718. The van der Waals surface area contributed by atoms with Gasteiger partial charge in [-0.05, 0) is 56.0 Å². The van der Waals surface area contributed by atoms with Crippen LogP contribution in [0.15, 0.2) is 48.9 Å². The van der Waals surface area contributed by atoms with Crippen LogP contribution in [0.5, 0.6) is 5.75 Å². The lowest BCUT2D eigenvalue weighted by Gasteiger charge is -2.29. The molecule has 0 N–H and O–H groups in total. The molecule has 0 bridgehead atoms. The van der Waals surface area contributed by atoms with Gasteiger partial charge in [0.25, 0.3) is 5.91 Å². The van der Waals surface area contributed by atoms with Crippen molar-refractivity contribution in [3.63, 3.8) is 0 Å². The van der Waals surface area contributed by atoms with Crippen LogP contribution in [0.4, 0.5) is 5.69 Å². The first kappa shape index (κ1) is 15.6. The van der Waals surface area contributed by atoms with E-state index in [1.807, 2.05) is 29.2 Å². The predicted molar refractivity (Wildman–Crippen MR) is 95.0 cm³/mol. The molecule has 1 fully saturated rings. The van der Waals surface area contributed by atoms with Crippen molar-refractivity contribution in [1.29, 1.82) is 0 Å². The summed E-state index contributed by atoms with van der Waals surface area (Å²) in [6.45, 7) is 2.11. The Balaban J connectivity index is 1.75. The highest BCUT2D eigenvalue weighted by Gasteiger charge is 2.36. The van der Waals surface area contributed by atoms with E-state index in [1.165, 1.54) is 0 Å². The number of methoxy groups -OCH3 is 1. The molecule has 0 radical (unpaired) electrons. The fraction of sp³-hybridized carbons (Fsp3) is 0.316. The lowest BCUT2D eigenvalue weighted by atomic mass is 10.1. The standard InChI is InChI=1S/C19H20N4O2/c1-13(14-4-5-14)23(15-6-8-16(25-2)9-7-15)19(24)17-12-21-22-11-3-10-20-18(17)22/h3,6-14H,4-5H2,1-2H3/t13-/m1/s1. The molecule has 3 aromatic rings. The van der Waals surface area contributed by atoms with Crippen molar-refractivity contribution in [3.8, 4) is 5.75 Å². The third kappa shape index (κ3) is 2.84. The number of fused-ring (bicyclic) bond motifs is 1. The van der Waals surface area contributed by atoms with E-state index in [9.17, 15) is 4.79 Å². The smallest absolute Gasteiger partial charge is 0.264 e. The molecule has 0 aliphatic heterocycles. The summed E-state index contributed by atoms with van der Waals surface area (Å²) in [5, 5.41) is 4.25. The zero-order chi connectivity index (χ0) is 17.4. The third-order valence-electron chi connectivity index (χ3n) is 4.79. The highest BCUT2D eigenvalue weighted by molar-refractivity contribution is 6.10. The SMILES string of the molecule is COc1ccc(N(C(=O)c2cnn3cccnc23)[C@H](C)C2CC2)cc1. The van der Waals surface area contributed by atoms with Crippen molar-refractivity contribution in [2.75, 3.05) is 12.0 Å². The lowest BCUT2D eigenvalue weighted by molar-refractivity contribution is 0.0977. The minimum Gasteiger partial charge on any atom is -0.497 e. The molecule has 1 aliphatic carbocycles. The number of amides is 1. The van der Waals surface area contributed by atoms with Crippen molar-refractivity contribution in [2.45, 2.75) is 25.8 Å². The van der Waals surface area contributed by atoms with Crippen LogP contribution < -0.4 is 9.64 Å². The molecule has 1 atom stereocenters. The Hall–Kier alpha value is -2.89. The zero-order valence-electron chi connectivity index (χ0n) is 14.3. The number of rotatable bonds is 5. The zero-order valence-corrected chi connectivity index (χ0v) is 14.3. The van der Waals surface area contributed by atoms with Gasteiger partial charge in [0.1, 0.15) is 11.3 Å². The van der Waals surface area contributed by atoms with Crippen LogP contribution in [0.3, 0.4) is 0 Å². The van der Waals surface area contributed by atoms with Gasteiger partial charge in [-0.25, -0.2) is 9.50 Å². The van der Waals surface area contributed by atoms with Crippen LogP contribution >= 0.6 is 0 Å². The van der Waals surface area contributed by atoms with Gasteiger partial charge in [0.15, 0.2) is 5.65 Å². The van der Waals surface area contributed by atoms with Gasteiger partial charge < -0.3 is 9.64 Å². The number of aromatic nitrogens is 3. The van der Waals surface area contributed by atoms with Gasteiger partial charge in [-0.15, -0.1) is 0 Å². The highest BCUT2D eigenvalue weighted by Crippen LogP contribution is 2.38. The Bertz CT molecular complexity index is 899. The molecule has 0 unspecified atom stereocenters. The molecule has 6 heteroatoms. The largest absolute Gasteiger partial charge is 0.497 e. The number of hydrogen-bond donors (Lipinski definition) is 0. The van der Waals surface area contributed by atoms with Crippen LogP contribution in [-0.2, 0) is 0 Å². The molecule has 1 aromatic carbocycles. The maximum Gasteiger partial charge on any atom is 0.264 e. The number of anilines is 1. The summed E-state index contributed by atoms with van der Waals surface area (Å²) >= 11 is 0. The Morgan fingerprint density at radius 2 is 2.08 bits per heavy atom. The maximum atomic E-state index is 13.3. The summed E-state index contributed by atoms with van der Waals surface area (Å²) in [5.74, 6) is 1.24. The molecule has 25 heavy (non-hydrogen) atoms. The van der Waals surface area contributed by atoms with E-state index in [2.05, 4.69) is 17.0 Å². The molecular formula is C19H20N4O2. The predicted octanol–water partition coefficient (Wildman–Crippen LogP) is 3.18. The van der Waals surface area contributed by atoms with Gasteiger partial charge in [0.2, 0.25) is 0 Å². The van der Waals surface area contributed by atoms with E-state index in [-0.39, 0.29) is 11.9 Å². The van der Waals surface area contributed by atoms with E-state index < -0.39 is 0 Å². The average Bonchev–Trinajstić information content (AvgIpc) is 3.41.